The topological polar surface area (TPSA) is 132 Å². The summed E-state index contributed by atoms with van der Waals surface area (Å²) in [7, 11) is 0. The maximum atomic E-state index is 13.5. The van der Waals surface area contributed by atoms with Gasteiger partial charge in [-0.1, -0.05) is 50.6 Å². The molecule has 0 saturated carbocycles. The second-order valence-corrected chi connectivity index (χ2v) is 12.4. The Morgan fingerprint density at radius 3 is 2.34 bits per heavy atom. The van der Waals surface area contributed by atoms with Crippen molar-refractivity contribution in [1.82, 2.24) is 15.2 Å². The van der Waals surface area contributed by atoms with Crippen LogP contribution in [0.3, 0.4) is 0 Å². The van der Waals surface area contributed by atoms with E-state index in [0.29, 0.717) is 49.4 Å². The Hall–Kier alpha value is -4.73. The van der Waals surface area contributed by atoms with Gasteiger partial charge in [0, 0.05) is 50.6 Å². The molecule has 4 rings (SSSR count). The molecule has 3 amide bonds. The number of aliphatic carboxylic acids is 1. The summed E-state index contributed by atoms with van der Waals surface area (Å²) in [6, 6.07) is 15.0. The SMILES string of the molecule is Cc1ccc(C(CC(=O)O)NC(=O)c2ccc(N3CCCN(C(=O)CC(C)(C)C)CC3)c(NC(=O)c3cccnc3)c2)cc1. The fourth-order valence-corrected chi connectivity index (χ4v) is 5.19. The molecule has 1 atom stereocenters. The summed E-state index contributed by atoms with van der Waals surface area (Å²) in [6.07, 6.45) is 3.99. The second-order valence-electron chi connectivity index (χ2n) is 12.4. The number of pyridine rings is 1. The van der Waals surface area contributed by atoms with Crippen molar-refractivity contribution in [2.24, 2.45) is 5.41 Å². The summed E-state index contributed by atoms with van der Waals surface area (Å²) in [6.45, 7) is 10.5. The lowest BCUT2D eigenvalue weighted by Crippen LogP contribution is -2.37. The predicted molar refractivity (Wildman–Crippen MR) is 170 cm³/mol. The van der Waals surface area contributed by atoms with E-state index in [1.165, 1.54) is 6.20 Å². The zero-order chi connectivity index (χ0) is 31.9. The van der Waals surface area contributed by atoms with E-state index in [0.717, 1.165) is 17.7 Å². The van der Waals surface area contributed by atoms with Crippen molar-refractivity contribution in [2.45, 2.75) is 53.0 Å². The molecule has 1 aliphatic heterocycles. The largest absolute Gasteiger partial charge is 0.481 e. The van der Waals surface area contributed by atoms with Crippen molar-refractivity contribution in [3.8, 4) is 0 Å². The number of carboxylic acid groups (broad SMARTS) is 1. The van der Waals surface area contributed by atoms with Crippen molar-refractivity contribution >= 4 is 35.1 Å². The predicted octanol–water partition coefficient (Wildman–Crippen LogP) is 5.06. The number of aryl methyl sites for hydroxylation is 1. The van der Waals surface area contributed by atoms with Crippen LogP contribution in [0.5, 0.6) is 0 Å². The molecular formula is C34H41N5O5. The molecule has 1 aromatic heterocycles. The lowest BCUT2D eigenvalue weighted by molar-refractivity contribution is -0.137. The van der Waals surface area contributed by atoms with Crippen LogP contribution in [-0.4, -0.2) is 64.9 Å². The van der Waals surface area contributed by atoms with Gasteiger partial charge in [0.05, 0.1) is 29.4 Å². The Morgan fingerprint density at radius 1 is 0.932 bits per heavy atom. The average Bonchev–Trinajstić information content (AvgIpc) is 3.23. The summed E-state index contributed by atoms with van der Waals surface area (Å²) in [4.78, 5) is 59.3. The molecule has 1 fully saturated rings. The van der Waals surface area contributed by atoms with Crippen LogP contribution in [0.15, 0.2) is 67.0 Å². The fourth-order valence-electron chi connectivity index (χ4n) is 5.19. The molecule has 2 aromatic carbocycles. The number of nitrogens with one attached hydrogen (secondary N) is 2. The van der Waals surface area contributed by atoms with Gasteiger partial charge in [-0.05, 0) is 54.7 Å². The van der Waals surface area contributed by atoms with E-state index in [2.05, 4.69) is 41.3 Å². The Balaban J connectivity index is 1.60. The number of hydrogen-bond acceptors (Lipinski definition) is 6. The number of carbonyl (C=O) groups excluding carboxylic acids is 3. The molecule has 0 aliphatic carbocycles. The molecule has 0 radical (unpaired) electrons. The molecule has 1 unspecified atom stereocenters. The van der Waals surface area contributed by atoms with E-state index in [9.17, 15) is 24.3 Å². The van der Waals surface area contributed by atoms with Crippen molar-refractivity contribution in [3.05, 3.63) is 89.2 Å². The Labute approximate surface area is 258 Å². The van der Waals surface area contributed by atoms with Crippen LogP contribution in [0.4, 0.5) is 11.4 Å². The molecule has 0 bridgehead atoms. The van der Waals surface area contributed by atoms with Crippen LogP contribution >= 0.6 is 0 Å². The minimum atomic E-state index is -1.04. The first-order chi connectivity index (χ1) is 20.9. The number of hydrogen-bond donors (Lipinski definition) is 3. The Kier molecular flexibility index (Phi) is 10.4. The monoisotopic (exact) mass is 599 g/mol. The zero-order valence-corrected chi connectivity index (χ0v) is 25.8. The number of aromatic nitrogens is 1. The van der Waals surface area contributed by atoms with E-state index < -0.39 is 17.9 Å². The van der Waals surface area contributed by atoms with Crippen LogP contribution in [0.1, 0.15) is 77.9 Å². The van der Waals surface area contributed by atoms with Gasteiger partial charge in [-0.25, -0.2) is 0 Å². The molecular weight excluding hydrogens is 558 g/mol. The maximum absolute atomic E-state index is 13.5. The first-order valence-corrected chi connectivity index (χ1v) is 14.9. The molecule has 1 aliphatic rings. The zero-order valence-electron chi connectivity index (χ0n) is 25.8. The average molecular weight is 600 g/mol. The van der Waals surface area contributed by atoms with Crippen LogP contribution in [0.2, 0.25) is 0 Å². The highest BCUT2D eigenvalue weighted by molar-refractivity contribution is 6.07. The lowest BCUT2D eigenvalue weighted by atomic mass is 9.91. The Bertz CT molecular complexity index is 1480. The first kappa shape index (κ1) is 32.2. The summed E-state index contributed by atoms with van der Waals surface area (Å²) >= 11 is 0. The molecule has 3 aromatic rings. The third-order valence-corrected chi connectivity index (χ3v) is 7.47. The number of anilines is 2. The molecule has 232 valence electrons. The smallest absolute Gasteiger partial charge is 0.305 e. The van der Waals surface area contributed by atoms with Gasteiger partial charge < -0.3 is 25.5 Å². The van der Waals surface area contributed by atoms with Crippen LogP contribution < -0.4 is 15.5 Å². The van der Waals surface area contributed by atoms with E-state index >= 15 is 0 Å². The summed E-state index contributed by atoms with van der Waals surface area (Å²) in [5.41, 5.74) is 3.40. The minimum absolute atomic E-state index is 0.105. The number of rotatable bonds is 9. The van der Waals surface area contributed by atoms with Gasteiger partial charge in [0.25, 0.3) is 11.8 Å². The quantitative estimate of drug-likeness (QED) is 0.313. The molecule has 10 nitrogen and oxygen atoms in total. The lowest BCUT2D eigenvalue weighted by Gasteiger charge is -2.27. The van der Waals surface area contributed by atoms with Crippen LogP contribution in [0, 0.1) is 12.3 Å². The highest BCUT2D eigenvalue weighted by atomic mass is 16.4. The first-order valence-electron chi connectivity index (χ1n) is 14.9. The summed E-state index contributed by atoms with van der Waals surface area (Å²) < 4.78 is 0. The van der Waals surface area contributed by atoms with Gasteiger partial charge in [-0.3, -0.25) is 24.2 Å². The molecule has 3 N–H and O–H groups in total. The highest BCUT2D eigenvalue weighted by Gasteiger charge is 2.26. The van der Waals surface area contributed by atoms with Crippen molar-refractivity contribution in [1.29, 1.82) is 0 Å². The number of nitrogens with zero attached hydrogens (tertiary/aromatic N) is 3. The normalized spacial score (nSPS) is 14.4. The van der Waals surface area contributed by atoms with Crippen molar-refractivity contribution < 1.29 is 24.3 Å². The van der Waals surface area contributed by atoms with Gasteiger partial charge in [0.15, 0.2) is 0 Å². The fraction of sp³-hybridized carbons (Fsp3) is 0.382. The number of carboxylic acids is 1. The van der Waals surface area contributed by atoms with E-state index in [1.54, 1.807) is 48.7 Å². The van der Waals surface area contributed by atoms with E-state index in [1.807, 2.05) is 24.0 Å². The van der Waals surface area contributed by atoms with Gasteiger partial charge in [0.1, 0.15) is 0 Å². The van der Waals surface area contributed by atoms with E-state index in [4.69, 9.17) is 0 Å². The molecule has 2 heterocycles. The van der Waals surface area contributed by atoms with Crippen LogP contribution in [-0.2, 0) is 9.59 Å². The summed E-state index contributed by atoms with van der Waals surface area (Å²) in [5.74, 6) is -1.75. The minimum Gasteiger partial charge on any atom is -0.481 e. The van der Waals surface area contributed by atoms with Gasteiger partial charge in [0.2, 0.25) is 5.91 Å². The number of benzene rings is 2. The molecule has 1 saturated heterocycles. The Morgan fingerprint density at radius 2 is 1.68 bits per heavy atom. The second kappa shape index (κ2) is 14.2. The maximum Gasteiger partial charge on any atom is 0.305 e. The third kappa shape index (κ3) is 8.89. The van der Waals surface area contributed by atoms with E-state index in [-0.39, 0.29) is 29.2 Å². The standard InChI is InChI=1S/C34H41N5O5/c1-23-8-10-24(11-9-23)27(20-31(41)42)36-32(43)25-12-13-29(28(19-25)37-33(44)26-7-5-14-35-22-26)38-15-6-16-39(18-17-38)30(40)21-34(2,3)4/h5,7-14,19,22,27H,6,15-18,20-21H2,1-4H3,(H,36,43)(H,37,44)(H,41,42). The van der Waals surface area contributed by atoms with Gasteiger partial charge in [-0.2, -0.15) is 0 Å². The molecule has 0 spiro atoms. The molecule has 10 heteroatoms. The number of carbonyl (C=O) groups is 4. The molecule has 44 heavy (non-hydrogen) atoms. The van der Waals surface area contributed by atoms with Gasteiger partial charge in [-0.15, -0.1) is 0 Å². The van der Waals surface area contributed by atoms with Crippen LogP contribution in [0.25, 0.3) is 0 Å². The van der Waals surface area contributed by atoms with Gasteiger partial charge >= 0.3 is 5.97 Å². The third-order valence-electron chi connectivity index (χ3n) is 7.47. The van der Waals surface area contributed by atoms with Crippen molar-refractivity contribution in [2.75, 3.05) is 36.4 Å². The summed E-state index contributed by atoms with van der Waals surface area (Å²) in [5, 5.41) is 15.3. The highest BCUT2D eigenvalue weighted by Crippen LogP contribution is 2.30. The van der Waals surface area contributed by atoms with Crippen molar-refractivity contribution in [3.63, 3.8) is 0 Å². The number of amides is 3.